The van der Waals surface area contributed by atoms with Crippen LogP contribution in [0.5, 0.6) is 0 Å². The second kappa shape index (κ2) is 5.53. The molecule has 2 atom stereocenters. The lowest BCUT2D eigenvalue weighted by molar-refractivity contribution is 0.0681. The Morgan fingerprint density at radius 3 is 2.86 bits per heavy atom. The average molecular weight is 304 g/mol. The van der Waals surface area contributed by atoms with Crippen LogP contribution in [-0.4, -0.2) is 33.5 Å². The second-order valence-electron chi connectivity index (χ2n) is 5.57. The molecule has 1 aliphatic heterocycles. The minimum atomic E-state index is -0.637. The molecule has 0 radical (unpaired) electrons. The van der Waals surface area contributed by atoms with Gasteiger partial charge in [0, 0.05) is 13.5 Å². The molecule has 5 nitrogen and oxygen atoms in total. The first-order valence-electron chi connectivity index (χ1n) is 7.14. The number of hydrogen-bond donors (Lipinski definition) is 1. The smallest absolute Gasteiger partial charge is 0.292 e. The van der Waals surface area contributed by atoms with Gasteiger partial charge in [-0.15, -0.1) is 0 Å². The predicted octanol–water partition coefficient (Wildman–Crippen LogP) is 2.38. The summed E-state index contributed by atoms with van der Waals surface area (Å²) in [6.07, 6.45) is -0.261. The maximum Gasteiger partial charge on any atom is 0.292 e. The van der Waals surface area contributed by atoms with E-state index in [1.165, 1.54) is 17.0 Å². The summed E-state index contributed by atoms with van der Waals surface area (Å²) in [7, 11) is 0. The Labute approximate surface area is 127 Å². The standard InChI is InChI=1S/C16H17FN2O3/c1-9-15(22-10(2)18-9)16(21)19-8-13(20)7-14(19)11-4-3-5-12(17)6-11/h3-6,13-14,20H,7-8H2,1-2H3. The topological polar surface area (TPSA) is 66.6 Å². The molecule has 1 aromatic heterocycles. The Morgan fingerprint density at radius 2 is 2.23 bits per heavy atom. The number of likely N-dealkylation sites (tertiary alicyclic amines) is 1. The first-order valence-corrected chi connectivity index (χ1v) is 7.14. The number of aromatic nitrogens is 1. The number of oxazole rings is 1. The number of benzene rings is 1. The third kappa shape index (κ3) is 2.62. The van der Waals surface area contributed by atoms with Gasteiger partial charge in [0.15, 0.2) is 5.89 Å². The van der Waals surface area contributed by atoms with Crippen molar-refractivity contribution in [2.45, 2.75) is 32.4 Å². The lowest BCUT2D eigenvalue weighted by atomic mass is 10.0. The van der Waals surface area contributed by atoms with Crippen molar-refractivity contribution in [2.75, 3.05) is 6.54 Å². The predicted molar refractivity (Wildman–Crippen MR) is 76.8 cm³/mol. The van der Waals surface area contributed by atoms with Crippen LogP contribution in [0.25, 0.3) is 0 Å². The van der Waals surface area contributed by atoms with Crippen LogP contribution in [0.3, 0.4) is 0 Å². The zero-order valence-corrected chi connectivity index (χ0v) is 12.4. The molecule has 0 bridgehead atoms. The van der Waals surface area contributed by atoms with Crippen molar-refractivity contribution in [1.29, 1.82) is 0 Å². The molecule has 22 heavy (non-hydrogen) atoms. The molecule has 0 spiro atoms. The summed E-state index contributed by atoms with van der Waals surface area (Å²) < 4.78 is 18.8. The number of β-amino-alcohol motifs (C(OH)–C–C–N with tert-alkyl or cyclic N) is 1. The first kappa shape index (κ1) is 14.7. The average Bonchev–Trinajstić information content (AvgIpc) is 3.01. The molecular formula is C16H17FN2O3. The van der Waals surface area contributed by atoms with Crippen LogP contribution < -0.4 is 0 Å². The number of amides is 1. The minimum absolute atomic E-state index is 0.174. The number of rotatable bonds is 2. The van der Waals surface area contributed by atoms with E-state index in [0.29, 0.717) is 23.6 Å². The van der Waals surface area contributed by atoms with Gasteiger partial charge in [0.2, 0.25) is 5.76 Å². The van der Waals surface area contributed by atoms with Crippen molar-refractivity contribution in [3.8, 4) is 0 Å². The third-order valence-corrected chi connectivity index (χ3v) is 3.87. The molecule has 1 N–H and O–H groups in total. The van der Waals surface area contributed by atoms with E-state index < -0.39 is 6.10 Å². The van der Waals surface area contributed by atoms with Gasteiger partial charge in [-0.3, -0.25) is 4.79 Å². The molecule has 1 amide bonds. The highest BCUT2D eigenvalue weighted by molar-refractivity contribution is 5.93. The highest BCUT2D eigenvalue weighted by atomic mass is 19.1. The Bertz CT molecular complexity index is 713. The fourth-order valence-electron chi connectivity index (χ4n) is 2.93. The van der Waals surface area contributed by atoms with Crippen molar-refractivity contribution in [1.82, 2.24) is 9.88 Å². The van der Waals surface area contributed by atoms with E-state index in [-0.39, 0.29) is 30.1 Å². The van der Waals surface area contributed by atoms with Crippen molar-refractivity contribution >= 4 is 5.91 Å². The van der Waals surface area contributed by atoms with Gasteiger partial charge in [-0.05, 0) is 31.0 Å². The van der Waals surface area contributed by atoms with Crippen molar-refractivity contribution in [3.63, 3.8) is 0 Å². The largest absolute Gasteiger partial charge is 0.436 e. The number of nitrogens with zero attached hydrogens (tertiary/aromatic N) is 2. The summed E-state index contributed by atoms with van der Waals surface area (Å²) in [5, 5.41) is 9.94. The van der Waals surface area contributed by atoms with Gasteiger partial charge in [-0.25, -0.2) is 9.37 Å². The molecular weight excluding hydrogens is 287 g/mol. The Kier molecular flexibility index (Phi) is 3.70. The maximum atomic E-state index is 13.4. The van der Waals surface area contributed by atoms with Crippen molar-refractivity contribution in [3.05, 3.63) is 53.0 Å². The van der Waals surface area contributed by atoms with E-state index in [4.69, 9.17) is 4.42 Å². The Morgan fingerprint density at radius 1 is 1.45 bits per heavy atom. The number of hydrogen-bond acceptors (Lipinski definition) is 4. The van der Waals surface area contributed by atoms with Crippen LogP contribution in [0.1, 0.15) is 40.2 Å². The number of aliphatic hydroxyl groups is 1. The molecule has 3 rings (SSSR count). The number of carbonyl (C=O) groups excluding carboxylic acids is 1. The second-order valence-corrected chi connectivity index (χ2v) is 5.57. The lowest BCUT2D eigenvalue weighted by Gasteiger charge is -2.24. The van der Waals surface area contributed by atoms with Crippen LogP contribution in [0, 0.1) is 19.7 Å². The zero-order valence-electron chi connectivity index (χ0n) is 12.4. The fourth-order valence-corrected chi connectivity index (χ4v) is 2.93. The Hall–Kier alpha value is -2.21. The molecule has 1 saturated heterocycles. The summed E-state index contributed by atoms with van der Waals surface area (Å²) >= 11 is 0. The van der Waals surface area contributed by atoms with Gasteiger partial charge in [-0.1, -0.05) is 12.1 Å². The molecule has 1 aromatic carbocycles. The molecule has 0 saturated carbocycles. The van der Waals surface area contributed by atoms with E-state index in [2.05, 4.69) is 4.98 Å². The van der Waals surface area contributed by atoms with E-state index in [1.807, 2.05) is 0 Å². The summed E-state index contributed by atoms with van der Waals surface area (Å²) in [5.74, 6) is -0.0993. The molecule has 2 heterocycles. The molecule has 2 unspecified atom stereocenters. The zero-order chi connectivity index (χ0) is 15.9. The summed E-state index contributed by atoms with van der Waals surface area (Å²) in [4.78, 5) is 18.3. The first-order chi connectivity index (χ1) is 10.5. The van der Waals surface area contributed by atoms with Crippen LogP contribution in [0.4, 0.5) is 4.39 Å². The molecule has 1 aliphatic rings. The highest BCUT2D eigenvalue weighted by Gasteiger charge is 2.37. The quantitative estimate of drug-likeness (QED) is 0.925. The lowest BCUT2D eigenvalue weighted by Crippen LogP contribution is -2.32. The number of halogens is 1. The molecule has 116 valence electrons. The van der Waals surface area contributed by atoms with Crippen LogP contribution in [0.2, 0.25) is 0 Å². The summed E-state index contributed by atoms with van der Waals surface area (Å²) in [5.41, 5.74) is 1.18. The molecule has 1 fully saturated rings. The number of aliphatic hydroxyl groups excluding tert-OH is 1. The molecule has 6 heteroatoms. The van der Waals surface area contributed by atoms with Gasteiger partial charge in [-0.2, -0.15) is 0 Å². The van der Waals surface area contributed by atoms with Gasteiger partial charge in [0.1, 0.15) is 5.82 Å². The van der Waals surface area contributed by atoms with E-state index in [9.17, 15) is 14.3 Å². The van der Waals surface area contributed by atoms with E-state index >= 15 is 0 Å². The van der Waals surface area contributed by atoms with Crippen LogP contribution in [0.15, 0.2) is 28.7 Å². The van der Waals surface area contributed by atoms with Crippen molar-refractivity contribution < 1.29 is 18.7 Å². The number of carbonyl (C=O) groups is 1. The monoisotopic (exact) mass is 304 g/mol. The normalized spacial score (nSPS) is 21.4. The molecule has 2 aromatic rings. The maximum absolute atomic E-state index is 13.4. The Balaban J connectivity index is 1.94. The van der Waals surface area contributed by atoms with Crippen LogP contribution >= 0.6 is 0 Å². The molecule has 0 aliphatic carbocycles. The SMILES string of the molecule is Cc1nc(C)c(C(=O)N2CC(O)CC2c2cccc(F)c2)o1. The third-order valence-electron chi connectivity index (χ3n) is 3.87. The summed E-state index contributed by atoms with van der Waals surface area (Å²) in [6, 6.07) is 5.72. The summed E-state index contributed by atoms with van der Waals surface area (Å²) in [6.45, 7) is 3.57. The van der Waals surface area contributed by atoms with Crippen LogP contribution in [-0.2, 0) is 0 Å². The van der Waals surface area contributed by atoms with E-state index in [0.717, 1.165) is 0 Å². The van der Waals surface area contributed by atoms with Gasteiger partial charge in [0.25, 0.3) is 5.91 Å². The number of aryl methyl sites for hydroxylation is 2. The van der Waals surface area contributed by atoms with E-state index in [1.54, 1.807) is 26.0 Å². The highest BCUT2D eigenvalue weighted by Crippen LogP contribution is 2.34. The fraction of sp³-hybridized carbons (Fsp3) is 0.375. The van der Waals surface area contributed by atoms with Gasteiger partial charge < -0.3 is 14.4 Å². The minimum Gasteiger partial charge on any atom is -0.436 e. The van der Waals surface area contributed by atoms with Gasteiger partial charge in [0.05, 0.1) is 17.8 Å². The van der Waals surface area contributed by atoms with Crippen molar-refractivity contribution in [2.24, 2.45) is 0 Å². The van der Waals surface area contributed by atoms with Gasteiger partial charge >= 0.3 is 0 Å².